The van der Waals surface area contributed by atoms with E-state index in [9.17, 15) is 5.11 Å². The average molecular weight is 263 g/mol. The lowest BCUT2D eigenvalue weighted by atomic mass is 9.77. The van der Waals surface area contributed by atoms with Gasteiger partial charge < -0.3 is 15.6 Å². The minimum absolute atomic E-state index is 0.146. The van der Waals surface area contributed by atoms with Crippen molar-refractivity contribution in [2.24, 2.45) is 17.1 Å². The molecule has 1 saturated carbocycles. The highest BCUT2D eigenvalue weighted by Crippen LogP contribution is 2.49. The fourth-order valence-corrected chi connectivity index (χ4v) is 3.24. The SMILES string of the molecule is CCOc1ccc(C(O)C2(CN)CCC(C)C2)cc1. The standard InChI is InChI=1S/C16H25NO2/c1-3-19-14-6-4-13(5-7-14)15(18)16(11-17)9-8-12(2)10-16/h4-7,12,15,18H,3,8-11,17H2,1-2H3. The lowest BCUT2D eigenvalue weighted by Gasteiger charge is -2.33. The van der Waals surface area contributed by atoms with Gasteiger partial charge in [0.25, 0.3) is 0 Å². The predicted octanol–water partition coefficient (Wildman–Crippen LogP) is 2.88. The molecule has 3 unspecified atom stereocenters. The smallest absolute Gasteiger partial charge is 0.119 e. The lowest BCUT2D eigenvalue weighted by Crippen LogP contribution is -2.34. The Morgan fingerprint density at radius 3 is 2.58 bits per heavy atom. The van der Waals surface area contributed by atoms with Crippen LogP contribution in [0.15, 0.2) is 24.3 Å². The number of aliphatic hydroxyl groups is 1. The van der Waals surface area contributed by atoms with Crippen LogP contribution < -0.4 is 10.5 Å². The molecule has 0 spiro atoms. The van der Waals surface area contributed by atoms with Crippen molar-refractivity contribution >= 4 is 0 Å². The zero-order chi connectivity index (χ0) is 13.9. The maximum atomic E-state index is 10.7. The van der Waals surface area contributed by atoms with Crippen LogP contribution in [0.3, 0.4) is 0 Å². The molecule has 3 heteroatoms. The van der Waals surface area contributed by atoms with Crippen molar-refractivity contribution < 1.29 is 9.84 Å². The molecule has 0 saturated heterocycles. The molecule has 1 aromatic rings. The summed E-state index contributed by atoms with van der Waals surface area (Å²) in [6.07, 6.45) is 2.71. The fourth-order valence-electron chi connectivity index (χ4n) is 3.24. The molecular weight excluding hydrogens is 238 g/mol. The molecule has 1 aliphatic rings. The summed E-state index contributed by atoms with van der Waals surface area (Å²) in [5.74, 6) is 1.50. The van der Waals surface area contributed by atoms with Gasteiger partial charge in [0.15, 0.2) is 0 Å². The largest absolute Gasteiger partial charge is 0.494 e. The van der Waals surface area contributed by atoms with E-state index in [0.29, 0.717) is 19.1 Å². The van der Waals surface area contributed by atoms with E-state index in [1.165, 1.54) is 0 Å². The van der Waals surface area contributed by atoms with Crippen LogP contribution in [0.1, 0.15) is 44.8 Å². The van der Waals surface area contributed by atoms with E-state index in [-0.39, 0.29) is 5.41 Å². The van der Waals surface area contributed by atoms with Crippen molar-refractivity contribution in [1.29, 1.82) is 0 Å². The van der Waals surface area contributed by atoms with Crippen molar-refractivity contribution in [3.8, 4) is 5.75 Å². The van der Waals surface area contributed by atoms with E-state index in [4.69, 9.17) is 10.5 Å². The first kappa shape index (κ1) is 14.4. The molecule has 1 fully saturated rings. The highest BCUT2D eigenvalue weighted by atomic mass is 16.5. The number of hydrogen-bond donors (Lipinski definition) is 2. The third-order valence-electron chi connectivity index (χ3n) is 4.38. The van der Waals surface area contributed by atoms with Gasteiger partial charge in [0.05, 0.1) is 12.7 Å². The summed E-state index contributed by atoms with van der Waals surface area (Å²) in [5.41, 5.74) is 6.76. The first-order chi connectivity index (χ1) is 9.11. The van der Waals surface area contributed by atoms with E-state index < -0.39 is 6.10 Å². The maximum Gasteiger partial charge on any atom is 0.119 e. The molecule has 0 aromatic heterocycles. The van der Waals surface area contributed by atoms with Gasteiger partial charge in [-0.2, -0.15) is 0 Å². The van der Waals surface area contributed by atoms with Crippen LogP contribution >= 0.6 is 0 Å². The number of ether oxygens (including phenoxy) is 1. The van der Waals surface area contributed by atoms with Gasteiger partial charge in [0, 0.05) is 12.0 Å². The second-order valence-electron chi connectivity index (χ2n) is 5.82. The molecule has 0 amide bonds. The summed E-state index contributed by atoms with van der Waals surface area (Å²) in [4.78, 5) is 0. The summed E-state index contributed by atoms with van der Waals surface area (Å²) in [6.45, 7) is 5.41. The number of hydrogen-bond acceptors (Lipinski definition) is 3. The van der Waals surface area contributed by atoms with E-state index in [1.807, 2.05) is 31.2 Å². The van der Waals surface area contributed by atoms with Gasteiger partial charge in [0.1, 0.15) is 5.75 Å². The van der Waals surface area contributed by atoms with Crippen molar-refractivity contribution in [2.45, 2.75) is 39.2 Å². The van der Waals surface area contributed by atoms with Gasteiger partial charge in [-0.25, -0.2) is 0 Å². The monoisotopic (exact) mass is 263 g/mol. The summed E-state index contributed by atoms with van der Waals surface area (Å²) in [7, 11) is 0. The molecule has 0 radical (unpaired) electrons. The maximum absolute atomic E-state index is 10.7. The van der Waals surface area contributed by atoms with E-state index in [2.05, 4.69) is 6.92 Å². The summed E-state index contributed by atoms with van der Waals surface area (Å²) < 4.78 is 5.43. The Hall–Kier alpha value is -1.06. The summed E-state index contributed by atoms with van der Waals surface area (Å²) >= 11 is 0. The normalized spacial score (nSPS) is 28.3. The average Bonchev–Trinajstić information content (AvgIpc) is 2.82. The Morgan fingerprint density at radius 2 is 2.11 bits per heavy atom. The molecule has 106 valence electrons. The number of rotatable bonds is 5. The Labute approximate surface area is 115 Å². The van der Waals surface area contributed by atoms with Gasteiger partial charge in [-0.05, 0) is 43.4 Å². The number of benzene rings is 1. The highest BCUT2D eigenvalue weighted by Gasteiger charge is 2.42. The van der Waals surface area contributed by atoms with Crippen LogP contribution in [0.5, 0.6) is 5.75 Å². The molecular formula is C16H25NO2. The van der Waals surface area contributed by atoms with E-state index in [0.717, 1.165) is 30.6 Å². The third kappa shape index (κ3) is 2.93. The van der Waals surface area contributed by atoms with Crippen LogP contribution in [0.2, 0.25) is 0 Å². The van der Waals surface area contributed by atoms with E-state index in [1.54, 1.807) is 0 Å². The third-order valence-corrected chi connectivity index (χ3v) is 4.38. The molecule has 3 nitrogen and oxygen atoms in total. The van der Waals surface area contributed by atoms with Crippen molar-refractivity contribution in [3.05, 3.63) is 29.8 Å². The molecule has 3 atom stereocenters. The summed E-state index contributed by atoms with van der Waals surface area (Å²) in [6, 6.07) is 7.75. The zero-order valence-electron chi connectivity index (χ0n) is 11.9. The van der Waals surface area contributed by atoms with Crippen LogP contribution in [0.4, 0.5) is 0 Å². The summed E-state index contributed by atoms with van der Waals surface area (Å²) in [5, 5.41) is 10.7. The highest BCUT2D eigenvalue weighted by molar-refractivity contribution is 5.29. The number of aliphatic hydroxyl groups excluding tert-OH is 1. The first-order valence-corrected chi connectivity index (χ1v) is 7.22. The van der Waals surface area contributed by atoms with Crippen LogP contribution in [0, 0.1) is 11.3 Å². The van der Waals surface area contributed by atoms with Crippen molar-refractivity contribution in [2.75, 3.05) is 13.2 Å². The Bertz CT molecular complexity index is 404. The molecule has 2 rings (SSSR count). The zero-order valence-corrected chi connectivity index (χ0v) is 11.9. The van der Waals surface area contributed by atoms with Gasteiger partial charge in [0.2, 0.25) is 0 Å². The Morgan fingerprint density at radius 1 is 1.42 bits per heavy atom. The predicted molar refractivity (Wildman–Crippen MR) is 77.1 cm³/mol. The number of nitrogens with two attached hydrogens (primary N) is 1. The first-order valence-electron chi connectivity index (χ1n) is 7.22. The Balaban J connectivity index is 2.15. The topological polar surface area (TPSA) is 55.5 Å². The second-order valence-corrected chi connectivity index (χ2v) is 5.82. The van der Waals surface area contributed by atoms with Crippen molar-refractivity contribution in [3.63, 3.8) is 0 Å². The van der Waals surface area contributed by atoms with Gasteiger partial charge in [-0.15, -0.1) is 0 Å². The molecule has 3 N–H and O–H groups in total. The molecule has 1 aliphatic carbocycles. The molecule has 19 heavy (non-hydrogen) atoms. The van der Waals surface area contributed by atoms with Crippen LogP contribution in [-0.4, -0.2) is 18.3 Å². The van der Waals surface area contributed by atoms with Crippen molar-refractivity contribution in [1.82, 2.24) is 0 Å². The van der Waals surface area contributed by atoms with Gasteiger partial charge in [-0.3, -0.25) is 0 Å². The van der Waals surface area contributed by atoms with E-state index >= 15 is 0 Å². The van der Waals surface area contributed by atoms with Gasteiger partial charge >= 0.3 is 0 Å². The molecule has 1 aromatic carbocycles. The van der Waals surface area contributed by atoms with Crippen LogP contribution in [0.25, 0.3) is 0 Å². The fraction of sp³-hybridized carbons (Fsp3) is 0.625. The minimum Gasteiger partial charge on any atom is -0.494 e. The molecule has 0 heterocycles. The quantitative estimate of drug-likeness (QED) is 0.859. The molecule has 0 bridgehead atoms. The van der Waals surface area contributed by atoms with Gasteiger partial charge in [-0.1, -0.05) is 25.5 Å². The lowest BCUT2D eigenvalue weighted by molar-refractivity contribution is 0.0307. The Kier molecular flexibility index (Phi) is 4.48. The van der Waals surface area contributed by atoms with Crippen LogP contribution in [-0.2, 0) is 0 Å². The minimum atomic E-state index is -0.474. The second kappa shape index (κ2) is 5.93. The molecule has 0 aliphatic heterocycles.